The second-order valence-electron chi connectivity index (χ2n) is 10.1. The normalized spacial score (nSPS) is 16.5. The number of amides is 3. The topological polar surface area (TPSA) is 150 Å². The summed E-state index contributed by atoms with van der Waals surface area (Å²) in [5.74, 6) is -1.53. The fourth-order valence-electron chi connectivity index (χ4n) is 5.01. The van der Waals surface area contributed by atoms with Crippen molar-refractivity contribution in [3.05, 3.63) is 90.0 Å². The Labute approximate surface area is 239 Å². The average molecular weight is 580 g/mol. The van der Waals surface area contributed by atoms with Crippen LogP contribution < -0.4 is 10.3 Å². The van der Waals surface area contributed by atoms with Gasteiger partial charge in [-0.25, -0.2) is 4.57 Å². The molecule has 1 fully saturated rings. The van der Waals surface area contributed by atoms with E-state index in [9.17, 15) is 18.9 Å². The van der Waals surface area contributed by atoms with Crippen LogP contribution in [0.4, 0.5) is 0 Å². The van der Waals surface area contributed by atoms with E-state index in [1.807, 2.05) is 54.6 Å². The van der Waals surface area contributed by atoms with Crippen LogP contribution in [0.3, 0.4) is 0 Å². The second kappa shape index (κ2) is 13.2. The highest BCUT2D eigenvalue weighted by Crippen LogP contribution is 2.37. The molecule has 11 heteroatoms. The molecule has 0 radical (unpaired) electrons. The minimum absolute atomic E-state index is 0.0359. The maximum Gasteiger partial charge on any atom is 0.524 e. The fraction of sp³-hybridized carbons (Fsp3) is 0.300. The molecule has 3 aromatic rings. The Kier molecular flexibility index (Phi) is 9.73. The molecule has 1 aliphatic rings. The van der Waals surface area contributed by atoms with Crippen LogP contribution >= 0.6 is 7.82 Å². The lowest BCUT2D eigenvalue weighted by molar-refractivity contribution is -0.154. The Morgan fingerprint density at radius 3 is 2.20 bits per heavy atom. The Balaban J connectivity index is 1.45. The van der Waals surface area contributed by atoms with Crippen LogP contribution in [0.2, 0.25) is 0 Å². The van der Waals surface area contributed by atoms with Gasteiger partial charge in [-0.3, -0.25) is 29.1 Å². The summed E-state index contributed by atoms with van der Waals surface area (Å²) in [4.78, 5) is 60.4. The SMILES string of the molecule is CC(=O)N(C(=O)[C@@H](N)Cc1ccc(OP(=O)(O)O)cc1)C1CCCCN(Cc2ccc(-c3ccccc3)cc2)C1=O. The lowest BCUT2D eigenvalue weighted by Gasteiger charge is -2.32. The predicted octanol–water partition coefficient (Wildman–Crippen LogP) is 3.65. The molecule has 0 spiro atoms. The zero-order valence-corrected chi connectivity index (χ0v) is 23.7. The monoisotopic (exact) mass is 579 g/mol. The standard InChI is InChI=1S/C30H34N3O7P/c1-21(34)33(29(35)27(31)19-22-12-16-26(17-13-22)40-41(37,38)39)28-9-5-6-18-32(30(28)36)20-23-10-14-25(15-11-23)24-7-3-2-4-8-24/h2-4,7-8,10-17,27-28H,5-6,9,18-20,31H2,1H3,(H2,37,38,39)/t27-,28?/m0/s1. The van der Waals surface area contributed by atoms with Gasteiger partial charge in [-0.15, -0.1) is 0 Å². The number of rotatable bonds is 9. The van der Waals surface area contributed by atoms with Crippen molar-refractivity contribution in [2.24, 2.45) is 5.73 Å². The van der Waals surface area contributed by atoms with Crippen molar-refractivity contribution >= 4 is 25.5 Å². The molecule has 1 aliphatic heterocycles. The smallest absolute Gasteiger partial charge is 0.404 e. The molecule has 0 saturated carbocycles. The highest BCUT2D eigenvalue weighted by Gasteiger charge is 2.38. The van der Waals surface area contributed by atoms with Crippen molar-refractivity contribution in [1.29, 1.82) is 0 Å². The van der Waals surface area contributed by atoms with Gasteiger partial charge in [0, 0.05) is 20.0 Å². The molecule has 2 atom stereocenters. The van der Waals surface area contributed by atoms with Gasteiger partial charge in [0.1, 0.15) is 11.8 Å². The number of hydrogen-bond donors (Lipinski definition) is 3. The van der Waals surface area contributed by atoms with Crippen LogP contribution in [-0.4, -0.2) is 55.9 Å². The van der Waals surface area contributed by atoms with Gasteiger partial charge in [0.05, 0.1) is 6.04 Å². The lowest BCUT2D eigenvalue weighted by Crippen LogP contribution is -2.56. The Morgan fingerprint density at radius 1 is 0.976 bits per heavy atom. The molecule has 3 aromatic carbocycles. The van der Waals surface area contributed by atoms with Gasteiger partial charge in [-0.05, 0) is 60.1 Å². The average Bonchev–Trinajstić information content (AvgIpc) is 3.11. The summed E-state index contributed by atoms with van der Waals surface area (Å²) in [6.45, 7) is 2.13. The fourth-order valence-corrected chi connectivity index (χ4v) is 5.40. The largest absolute Gasteiger partial charge is 0.524 e. The van der Waals surface area contributed by atoms with E-state index < -0.39 is 31.7 Å². The summed E-state index contributed by atoms with van der Waals surface area (Å²) in [5, 5.41) is 0. The molecule has 1 unspecified atom stereocenters. The molecule has 0 aliphatic carbocycles. The van der Waals surface area contributed by atoms with Crippen LogP contribution in [0.5, 0.6) is 5.75 Å². The third-order valence-electron chi connectivity index (χ3n) is 7.00. The molecule has 1 heterocycles. The first-order valence-electron chi connectivity index (χ1n) is 13.4. The zero-order chi connectivity index (χ0) is 29.6. The number of imide groups is 1. The number of carbonyl (C=O) groups excluding carboxylic acids is 3. The van der Waals surface area contributed by atoms with E-state index in [0.717, 1.165) is 28.0 Å². The first-order chi connectivity index (χ1) is 19.5. The Hall–Kier alpha value is -3.82. The van der Waals surface area contributed by atoms with E-state index in [1.165, 1.54) is 31.2 Å². The van der Waals surface area contributed by atoms with Gasteiger partial charge in [0.25, 0.3) is 0 Å². The molecular weight excluding hydrogens is 545 g/mol. The van der Waals surface area contributed by atoms with Gasteiger partial charge in [-0.1, -0.05) is 66.7 Å². The molecule has 4 N–H and O–H groups in total. The van der Waals surface area contributed by atoms with Crippen LogP contribution in [0.1, 0.15) is 37.3 Å². The van der Waals surface area contributed by atoms with Crippen molar-refractivity contribution in [2.75, 3.05) is 6.54 Å². The van der Waals surface area contributed by atoms with E-state index in [0.29, 0.717) is 31.5 Å². The minimum atomic E-state index is -4.70. The van der Waals surface area contributed by atoms with E-state index in [4.69, 9.17) is 15.5 Å². The first-order valence-corrected chi connectivity index (χ1v) is 14.9. The minimum Gasteiger partial charge on any atom is -0.404 e. The molecule has 0 aromatic heterocycles. The number of phosphoric ester groups is 1. The molecule has 1 saturated heterocycles. The summed E-state index contributed by atoms with van der Waals surface area (Å²) >= 11 is 0. The number of benzene rings is 3. The molecule has 3 amide bonds. The summed E-state index contributed by atoms with van der Waals surface area (Å²) in [6, 6.07) is 21.7. The number of nitrogens with zero attached hydrogens (tertiary/aromatic N) is 2. The molecular formula is C30H34N3O7P. The molecule has 216 valence electrons. The zero-order valence-electron chi connectivity index (χ0n) is 22.8. The number of phosphoric acid groups is 1. The highest BCUT2D eigenvalue weighted by molar-refractivity contribution is 7.46. The molecule has 0 bridgehead atoms. The van der Waals surface area contributed by atoms with Crippen LogP contribution in [-0.2, 0) is 31.9 Å². The summed E-state index contributed by atoms with van der Waals surface area (Å²) < 4.78 is 15.6. The first kappa shape index (κ1) is 30.1. The van der Waals surface area contributed by atoms with Gasteiger partial charge in [0.15, 0.2) is 0 Å². The van der Waals surface area contributed by atoms with Crippen molar-refractivity contribution in [3.63, 3.8) is 0 Å². The van der Waals surface area contributed by atoms with Gasteiger partial charge in [0.2, 0.25) is 17.7 Å². The molecule has 10 nitrogen and oxygen atoms in total. The van der Waals surface area contributed by atoms with Crippen molar-refractivity contribution < 1.29 is 33.3 Å². The summed E-state index contributed by atoms with van der Waals surface area (Å²) in [6.07, 6.45) is 1.83. The Bertz CT molecular complexity index is 1410. The summed E-state index contributed by atoms with van der Waals surface area (Å²) in [7, 11) is -4.70. The second-order valence-corrected chi connectivity index (χ2v) is 11.3. The third kappa shape index (κ3) is 8.11. The van der Waals surface area contributed by atoms with Crippen LogP contribution in [0, 0.1) is 0 Å². The Morgan fingerprint density at radius 2 is 1.59 bits per heavy atom. The predicted molar refractivity (Wildman–Crippen MR) is 153 cm³/mol. The van der Waals surface area contributed by atoms with Crippen LogP contribution in [0.15, 0.2) is 78.9 Å². The van der Waals surface area contributed by atoms with Crippen molar-refractivity contribution in [3.8, 4) is 16.9 Å². The van der Waals surface area contributed by atoms with Crippen LogP contribution in [0.25, 0.3) is 11.1 Å². The number of hydrogen-bond acceptors (Lipinski definition) is 6. The number of likely N-dealkylation sites (tertiary alicyclic amines) is 1. The molecule has 4 rings (SSSR count). The van der Waals surface area contributed by atoms with E-state index in [2.05, 4.69) is 4.52 Å². The van der Waals surface area contributed by atoms with Gasteiger partial charge in [-0.2, -0.15) is 0 Å². The maximum absolute atomic E-state index is 13.7. The number of nitrogens with two attached hydrogens (primary N) is 1. The summed E-state index contributed by atoms with van der Waals surface area (Å²) in [5.41, 5.74) is 9.93. The van der Waals surface area contributed by atoms with Crippen molar-refractivity contribution in [2.45, 2.75) is 51.2 Å². The highest BCUT2D eigenvalue weighted by atomic mass is 31.2. The van der Waals surface area contributed by atoms with Crippen molar-refractivity contribution in [1.82, 2.24) is 9.80 Å². The third-order valence-corrected chi connectivity index (χ3v) is 7.44. The van der Waals surface area contributed by atoms with E-state index >= 15 is 0 Å². The van der Waals surface area contributed by atoms with E-state index in [1.54, 1.807) is 4.90 Å². The lowest BCUT2D eigenvalue weighted by atomic mass is 10.0. The maximum atomic E-state index is 13.7. The molecule has 41 heavy (non-hydrogen) atoms. The van der Waals surface area contributed by atoms with Gasteiger partial charge >= 0.3 is 7.82 Å². The van der Waals surface area contributed by atoms with E-state index in [-0.39, 0.29) is 18.1 Å². The number of carbonyl (C=O) groups is 3. The quantitative estimate of drug-likeness (QED) is 0.325. The van der Waals surface area contributed by atoms with Gasteiger partial charge < -0.3 is 15.2 Å².